The average molecular weight is 290 g/mol. The van der Waals surface area contributed by atoms with Gasteiger partial charge in [-0.2, -0.15) is 0 Å². The second-order valence-corrected chi connectivity index (χ2v) is 5.09. The molecule has 0 amide bonds. The Morgan fingerprint density at radius 1 is 1.33 bits per heavy atom. The van der Waals surface area contributed by atoms with Gasteiger partial charge in [0.05, 0.1) is 13.7 Å². The van der Waals surface area contributed by atoms with Crippen molar-refractivity contribution in [1.82, 2.24) is 4.90 Å². The Hall–Kier alpha value is -0.770. The van der Waals surface area contributed by atoms with Crippen LogP contribution in [0.1, 0.15) is 19.4 Å². The Morgan fingerprint density at radius 3 is 2.33 bits per heavy atom. The van der Waals surface area contributed by atoms with Crippen LogP contribution in [0.2, 0.25) is 10.0 Å². The highest BCUT2D eigenvalue weighted by atomic mass is 35.5. The van der Waals surface area contributed by atoms with Crippen molar-refractivity contribution in [2.24, 2.45) is 0 Å². The van der Waals surface area contributed by atoms with Gasteiger partial charge in [-0.05, 0) is 26.0 Å². The molecule has 0 aliphatic carbocycles. The second kappa shape index (κ2) is 6.98. The largest absolute Gasteiger partial charge is 0.468 e. The van der Waals surface area contributed by atoms with Gasteiger partial charge in [0.1, 0.15) is 0 Å². The van der Waals surface area contributed by atoms with Gasteiger partial charge in [-0.25, -0.2) is 0 Å². The minimum Gasteiger partial charge on any atom is -0.468 e. The van der Waals surface area contributed by atoms with Gasteiger partial charge in [0.15, 0.2) is 0 Å². The maximum absolute atomic E-state index is 11.4. The fraction of sp³-hybridized carbons (Fsp3) is 0.462. The van der Waals surface area contributed by atoms with Crippen LogP contribution in [-0.4, -0.2) is 30.6 Å². The SMILES string of the molecule is COC(=O)CN(Cc1c(Cl)cccc1Cl)C(C)C. The third-order valence-electron chi connectivity index (χ3n) is 2.71. The van der Waals surface area contributed by atoms with Crippen molar-refractivity contribution in [3.63, 3.8) is 0 Å². The summed E-state index contributed by atoms with van der Waals surface area (Å²) in [6.45, 7) is 4.75. The lowest BCUT2D eigenvalue weighted by Crippen LogP contribution is -2.35. The Balaban J connectivity index is 2.87. The predicted octanol–water partition coefficient (Wildman–Crippen LogP) is 3.38. The van der Waals surface area contributed by atoms with Gasteiger partial charge in [-0.1, -0.05) is 29.3 Å². The van der Waals surface area contributed by atoms with Crippen LogP contribution < -0.4 is 0 Å². The molecule has 0 unspecified atom stereocenters. The number of halogens is 2. The van der Waals surface area contributed by atoms with E-state index in [0.29, 0.717) is 16.6 Å². The maximum atomic E-state index is 11.4. The van der Waals surface area contributed by atoms with Gasteiger partial charge in [0.2, 0.25) is 0 Å². The summed E-state index contributed by atoms with van der Waals surface area (Å²) in [5.41, 5.74) is 0.832. The lowest BCUT2D eigenvalue weighted by molar-refractivity contribution is -0.142. The molecule has 1 rings (SSSR count). The van der Waals surface area contributed by atoms with Gasteiger partial charge in [0.25, 0.3) is 0 Å². The summed E-state index contributed by atoms with van der Waals surface area (Å²) in [5, 5.41) is 1.22. The van der Waals surface area contributed by atoms with Crippen LogP contribution in [0.5, 0.6) is 0 Å². The van der Waals surface area contributed by atoms with Crippen LogP contribution in [0.4, 0.5) is 0 Å². The quantitative estimate of drug-likeness (QED) is 0.779. The molecule has 0 bridgehead atoms. The molecule has 1 aromatic rings. The molecular weight excluding hydrogens is 273 g/mol. The summed E-state index contributed by atoms with van der Waals surface area (Å²) >= 11 is 12.2. The second-order valence-electron chi connectivity index (χ2n) is 4.28. The lowest BCUT2D eigenvalue weighted by Gasteiger charge is -2.26. The van der Waals surface area contributed by atoms with E-state index in [1.54, 1.807) is 18.2 Å². The number of carbonyl (C=O) groups is 1. The van der Waals surface area contributed by atoms with Crippen molar-refractivity contribution in [2.45, 2.75) is 26.4 Å². The number of ether oxygens (including phenoxy) is 1. The number of hydrogen-bond acceptors (Lipinski definition) is 3. The van der Waals surface area contributed by atoms with Gasteiger partial charge < -0.3 is 4.74 Å². The fourth-order valence-electron chi connectivity index (χ4n) is 1.54. The molecule has 0 heterocycles. The molecule has 1 aromatic carbocycles. The molecule has 0 atom stereocenters. The van der Waals surface area contributed by atoms with Crippen LogP contribution in [0, 0.1) is 0 Å². The summed E-state index contributed by atoms with van der Waals surface area (Å²) in [6.07, 6.45) is 0. The van der Waals surface area contributed by atoms with Gasteiger partial charge in [0, 0.05) is 28.2 Å². The topological polar surface area (TPSA) is 29.5 Å². The predicted molar refractivity (Wildman–Crippen MR) is 74.0 cm³/mol. The first-order chi connectivity index (χ1) is 8.45. The van der Waals surface area contributed by atoms with Crippen molar-refractivity contribution < 1.29 is 9.53 Å². The third kappa shape index (κ3) is 4.16. The van der Waals surface area contributed by atoms with Gasteiger partial charge in [-0.3, -0.25) is 9.69 Å². The monoisotopic (exact) mass is 289 g/mol. The summed E-state index contributed by atoms with van der Waals surface area (Å²) in [5.74, 6) is -0.271. The molecule has 0 N–H and O–H groups in total. The number of benzene rings is 1. The normalized spacial score (nSPS) is 11.1. The molecule has 0 radical (unpaired) electrons. The number of hydrogen-bond donors (Lipinski definition) is 0. The Labute approximate surface area is 118 Å². The molecule has 0 aromatic heterocycles. The van der Waals surface area contributed by atoms with E-state index >= 15 is 0 Å². The molecule has 0 saturated carbocycles. The number of carbonyl (C=O) groups excluding carboxylic acids is 1. The number of rotatable bonds is 5. The number of methoxy groups -OCH3 is 1. The van der Waals surface area contributed by atoms with Crippen molar-refractivity contribution >= 4 is 29.2 Å². The molecule has 5 heteroatoms. The highest BCUT2D eigenvalue weighted by Gasteiger charge is 2.17. The molecule has 100 valence electrons. The minimum atomic E-state index is -0.271. The first-order valence-electron chi connectivity index (χ1n) is 5.69. The average Bonchev–Trinajstić information content (AvgIpc) is 2.31. The molecule has 0 fully saturated rings. The molecule has 18 heavy (non-hydrogen) atoms. The summed E-state index contributed by atoms with van der Waals surface area (Å²) in [6, 6.07) is 5.57. The summed E-state index contributed by atoms with van der Waals surface area (Å²) in [4.78, 5) is 13.3. The van der Waals surface area contributed by atoms with E-state index in [9.17, 15) is 4.79 Å². The molecular formula is C13H17Cl2NO2. The Kier molecular flexibility index (Phi) is 5.93. The summed E-state index contributed by atoms with van der Waals surface area (Å²) < 4.78 is 4.68. The van der Waals surface area contributed by atoms with E-state index in [2.05, 4.69) is 4.74 Å². The Bertz CT molecular complexity index is 401. The van der Waals surface area contributed by atoms with Crippen LogP contribution in [-0.2, 0) is 16.1 Å². The van der Waals surface area contributed by atoms with Crippen molar-refractivity contribution in [3.8, 4) is 0 Å². The standard InChI is InChI=1S/C13H17Cl2NO2/c1-9(2)16(8-13(17)18-3)7-10-11(14)5-4-6-12(10)15/h4-6,9H,7-8H2,1-3H3. The number of esters is 1. The van der Waals surface area contributed by atoms with E-state index in [1.807, 2.05) is 18.7 Å². The molecule has 3 nitrogen and oxygen atoms in total. The zero-order valence-electron chi connectivity index (χ0n) is 10.7. The highest BCUT2D eigenvalue weighted by Crippen LogP contribution is 2.26. The smallest absolute Gasteiger partial charge is 0.319 e. The van der Waals surface area contributed by atoms with E-state index in [-0.39, 0.29) is 18.6 Å². The van der Waals surface area contributed by atoms with E-state index in [0.717, 1.165) is 5.56 Å². The maximum Gasteiger partial charge on any atom is 0.319 e. The van der Waals surface area contributed by atoms with Crippen molar-refractivity contribution in [1.29, 1.82) is 0 Å². The van der Waals surface area contributed by atoms with Gasteiger partial charge >= 0.3 is 5.97 Å². The van der Waals surface area contributed by atoms with Crippen LogP contribution >= 0.6 is 23.2 Å². The first-order valence-corrected chi connectivity index (χ1v) is 6.45. The van der Waals surface area contributed by atoms with Crippen LogP contribution in [0.25, 0.3) is 0 Å². The van der Waals surface area contributed by atoms with E-state index < -0.39 is 0 Å². The molecule has 0 spiro atoms. The highest BCUT2D eigenvalue weighted by molar-refractivity contribution is 6.35. The summed E-state index contributed by atoms with van der Waals surface area (Å²) in [7, 11) is 1.38. The van der Waals surface area contributed by atoms with Crippen molar-refractivity contribution in [2.75, 3.05) is 13.7 Å². The lowest BCUT2D eigenvalue weighted by atomic mass is 10.2. The van der Waals surface area contributed by atoms with Crippen LogP contribution in [0.3, 0.4) is 0 Å². The zero-order valence-corrected chi connectivity index (χ0v) is 12.3. The minimum absolute atomic E-state index is 0.191. The third-order valence-corrected chi connectivity index (χ3v) is 3.42. The van der Waals surface area contributed by atoms with Crippen molar-refractivity contribution in [3.05, 3.63) is 33.8 Å². The molecule has 0 aliphatic heterocycles. The Morgan fingerprint density at radius 2 is 1.89 bits per heavy atom. The molecule has 0 saturated heterocycles. The number of nitrogens with zero attached hydrogens (tertiary/aromatic N) is 1. The van der Waals surface area contributed by atoms with E-state index in [1.165, 1.54) is 7.11 Å². The molecule has 0 aliphatic rings. The zero-order chi connectivity index (χ0) is 13.7. The van der Waals surface area contributed by atoms with E-state index in [4.69, 9.17) is 23.2 Å². The van der Waals surface area contributed by atoms with Gasteiger partial charge in [-0.15, -0.1) is 0 Å². The van der Waals surface area contributed by atoms with Crippen LogP contribution in [0.15, 0.2) is 18.2 Å². The fourth-order valence-corrected chi connectivity index (χ4v) is 2.05. The first kappa shape index (κ1) is 15.3.